The molecule has 6 nitrogen and oxygen atoms in total. The van der Waals surface area contributed by atoms with Gasteiger partial charge in [0.1, 0.15) is 11.3 Å². The summed E-state index contributed by atoms with van der Waals surface area (Å²) in [6.45, 7) is 0.994. The van der Waals surface area contributed by atoms with Crippen LogP contribution in [0.15, 0.2) is 28.9 Å². The van der Waals surface area contributed by atoms with E-state index in [9.17, 15) is 9.59 Å². The van der Waals surface area contributed by atoms with Gasteiger partial charge in [0.15, 0.2) is 0 Å². The van der Waals surface area contributed by atoms with Crippen molar-refractivity contribution in [2.75, 3.05) is 20.2 Å². The topological polar surface area (TPSA) is 85.8 Å². The molecule has 1 saturated heterocycles. The average Bonchev–Trinajstić information content (AvgIpc) is 3.14. The molecule has 116 valence electrons. The third-order valence-electron chi connectivity index (χ3n) is 4.15. The highest BCUT2D eigenvalue weighted by atomic mass is 16.5. The molecular weight excluding hydrogens is 284 g/mol. The Labute approximate surface area is 127 Å². The van der Waals surface area contributed by atoms with Gasteiger partial charge in [-0.25, -0.2) is 0 Å². The average molecular weight is 302 g/mol. The molecule has 3 rings (SSSR count). The molecule has 6 heteroatoms. The van der Waals surface area contributed by atoms with Gasteiger partial charge in [0, 0.05) is 30.1 Å². The number of benzene rings is 1. The number of carbonyl (C=O) groups is 2. The van der Waals surface area contributed by atoms with Crippen LogP contribution in [0, 0.1) is 5.92 Å². The molecule has 0 radical (unpaired) electrons. The first-order valence-electron chi connectivity index (χ1n) is 7.19. The number of nitrogens with two attached hydrogens (primary N) is 1. The van der Waals surface area contributed by atoms with Crippen LogP contribution in [0.4, 0.5) is 0 Å². The lowest BCUT2D eigenvalue weighted by atomic mass is 10.1. The molecule has 2 N–H and O–H groups in total. The molecule has 1 aliphatic rings. The Morgan fingerprint density at radius 3 is 2.95 bits per heavy atom. The van der Waals surface area contributed by atoms with Crippen LogP contribution in [-0.4, -0.2) is 36.9 Å². The van der Waals surface area contributed by atoms with E-state index in [0.717, 1.165) is 10.9 Å². The number of methoxy groups -OCH3 is 1. The van der Waals surface area contributed by atoms with Gasteiger partial charge in [0.2, 0.25) is 11.8 Å². The lowest BCUT2D eigenvalue weighted by Crippen LogP contribution is -2.32. The van der Waals surface area contributed by atoms with Crippen LogP contribution in [0.25, 0.3) is 11.0 Å². The van der Waals surface area contributed by atoms with Crippen LogP contribution in [0.3, 0.4) is 0 Å². The number of hydrogen-bond donors (Lipinski definition) is 1. The first-order valence-corrected chi connectivity index (χ1v) is 7.19. The lowest BCUT2D eigenvalue weighted by molar-refractivity contribution is -0.129. The van der Waals surface area contributed by atoms with E-state index in [1.807, 2.05) is 12.1 Å². The third-order valence-corrected chi connectivity index (χ3v) is 4.15. The van der Waals surface area contributed by atoms with E-state index in [-0.39, 0.29) is 24.2 Å². The zero-order chi connectivity index (χ0) is 15.7. The summed E-state index contributed by atoms with van der Waals surface area (Å²) < 4.78 is 10.6. The number of amides is 2. The highest BCUT2D eigenvalue weighted by Crippen LogP contribution is 2.26. The zero-order valence-corrected chi connectivity index (χ0v) is 12.4. The molecule has 0 bridgehead atoms. The summed E-state index contributed by atoms with van der Waals surface area (Å²) in [6, 6.07) is 5.52. The summed E-state index contributed by atoms with van der Waals surface area (Å²) in [5, 5.41) is 0.903. The predicted molar refractivity (Wildman–Crippen MR) is 80.4 cm³/mol. The molecule has 0 aliphatic carbocycles. The minimum atomic E-state index is -0.337. The standard InChI is InChI=1S/C16H18N2O4/c1-21-12-2-3-13-11(9-22-14(13)7-12)6-15(19)18-5-4-10(8-18)16(17)20/h2-3,7,9-10H,4-6,8H2,1H3,(H2,17,20)/t10-/m1/s1. The largest absolute Gasteiger partial charge is 0.497 e. The van der Waals surface area contributed by atoms with Gasteiger partial charge < -0.3 is 19.8 Å². The fraction of sp³-hybridized carbons (Fsp3) is 0.375. The van der Waals surface area contributed by atoms with Crippen molar-refractivity contribution in [3.8, 4) is 5.75 Å². The van der Waals surface area contributed by atoms with E-state index < -0.39 is 0 Å². The minimum absolute atomic E-state index is 0.0118. The number of primary amides is 1. The van der Waals surface area contributed by atoms with Crippen molar-refractivity contribution in [3.63, 3.8) is 0 Å². The second kappa shape index (κ2) is 5.71. The van der Waals surface area contributed by atoms with E-state index >= 15 is 0 Å². The van der Waals surface area contributed by atoms with Crippen molar-refractivity contribution in [3.05, 3.63) is 30.0 Å². The summed E-state index contributed by atoms with van der Waals surface area (Å²) >= 11 is 0. The summed E-state index contributed by atoms with van der Waals surface area (Å²) in [5.74, 6) is 0.135. The maximum absolute atomic E-state index is 12.4. The van der Waals surface area contributed by atoms with Gasteiger partial charge in [0.05, 0.1) is 25.7 Å². The number of hydrogen-bond acceptors (Lipinski definition) is 4. The first kappa shape index (κ1) is 14.4. The number of fused-ring (bicyclic) bond motifs is 1. The lowest BCUT2D eigenvalue weighted by Gasteiger charge is -2.15. The molecular formula is C16H18N2O4. The van der Waals surface area contributed by atoms with E-state index in [2.05, 4.69) is 0 Å². The normalized spacial score (nSPS) is 17.9. The van der Waals surface area contributed by atoms with Crippen LogP contribution in [-0.2, 0) is 16.0 Å². The van der Waals surface area contributed by atoms with Crippen LogP contribution < -0.4 is 10.5 Å². The molecule has 0 saturated carbocycles. The smallest absolute Gasteiger partial charge is 0.227 e. The Balaban J connectivity index is 1.73. The van der Waals surface area contributed by atoms with Gasteiger partial charge >= 0.3 is 0 Å². The zero-order valence-electron chi connectivity index (χ0n) is 12.4. The minimum Gasteiger partial charge on any atom is -0.497 e. The van der Waals surface area contributed by atoms with E-state index in [0.29, 0.717) is 30.8 Å². The number of furan rings is 1. The summed E-state index contributed by atoms with van der Waals surface area (Å²) in [6.07, 6.45) is 2.50. The summed E-state index contributed by atoms with van der Waals surface area (Å²) in [7, 11) is 1.59. The van der Waals surface area contributed by atoms with Gasteiger partial charge in [-0.05, 0) is 18.6 Å². The molecule has 1 fully saturated rings. The van der Waals surface area contributed by atoms with E-state index in [4.69, 9.17) is 14.9 Å². The van der Waals surface area contributed by atoms with Crippen molar-refractivity contribution in [2.45, 2.75) is 12.8 Å². The summed E-state index contributed by atoms with van der Waals surface area (Å²) in [4.78, 5) is 25.2. The Kier molecular flexibility index (Phi) is 3.75. The first-order chi connectivity index (χ1) is 10.6. The number of nitrogens with zero attached hydrogens (tertiary/aromatic N) is 1. The number of likely N-dealkylation sites (tertiary alicyclic amines) is 1. The second-order valence-electron chi connectivity index (χ2n) is 5.53. The van der Waals surface area contributed by atoms with Gasteiger partial charge in [-0.1, -0.05) is 0 Å². The highest BCUT2D eigenvalue weighted by molar-refractivity contribution is 5.89. The number of carbonyl (C=O) groups excluding carboxylic acids is 2. The van der Waals surface area contributed by atoms with Gasteiger partial charge in [-0.15, -0.1) is 0 Å². The predicted octanol–water partition coefficient (Wildman–Crippen LogP) is 1.32. The van der Waals surface area contributed by atoms with Crippen molar-refractivity contribution in [1.29, 1.82) is 0 Å². The molecule has 0 unspecified atom stereocenters. The van der Waals surface area contributed by atoms with Gasteiger partial charge in [0.25, 0.3) is 0 Å². The molecule has 22 heavy (non-hydrogen) atoms. The van der Waals surface area contributed by atoms with Gasteiger partial charge in [-0.3, -0.25) is 9.59 Å². The highest BCUT2D eigenvalue weighted by Gasteiger charge is 2.29. The maximum Gasteiger partial charge on any atom is 0.227 e. The summed E-state index contributed by atoms with van der Waals surface area (Å²) in [5.41, 5.74) is 6.83. The fourth-order valence-corrected chi connectivity index (χ4v) is 2.82. The molecule has 1 aromatic carbocycles. The quantitative estimate of drug-likeness (QED) is 0.923. The van der Waals surface area contributed by atoms with E-state index in [1.165, 1.54) is 0 Å². The number of ether oxygens (including phenoxy) is 1. The SMILES string of the molecule is COc1ccc2c(CC(=O)N3CC[C@@H](C(N)=O)C3)coc2c1. The molecule has 2 amide bonds. The Hall–Kier alpha value is -2.50. The van der Waals surface area contributed by atoms with E-state index in [1.54, 1.807) is 24.3 Å². The molecule has 1 aromatic heterocycles. The van der Waals surface area contributed by atoms with Gasteiger partial charge in [-0.2, -0.15) is 0 Å². The van der Waals surface area contributed by atoms with Crippen molar-refractivity contribution >= 4 is 22.8 Å². The Morgan fingerprint density at radius 2 is 2.27 bits per heavy atom. The van der Waals surface area contributed by atoms with Crippen LogP contribution >= 0.6 is 0 Å². The number of rotatable bonds is 4. The molecule has 1 aliphatic heterocycles. The third kappa shape index (κ3) is 2.64. The monoisotopic (exact) mass is 302 g/mol. The second-order valence-corrected chi connectivity index (χ2v) is 5.53. The maximum atomic E-state index is 12.4. The molecule has 2 aromatic rings. The Morgan fingerprint density at radius 1 is 1.45 bits per heavy atom. The molecule has 1 atom stereocenters. The van der Waals surface area contributed by atoms with Crippen LogP contribution in [0.1, 0.15) is 12.0 Å². The van der Waals surface area contributed by atoms with Crippen molar-refractivity contribution < 1.29 is 18.7 Å². The van der Waals surface area contributed by atoms with Crippen LogP contribution in [0.2, 0.25) is 0 Å². The van der Waals surface area contributed by atoms with Crippen molar-refractivity contribution in [1.82, 2.24) is 4.90 Å². The molecule has 2 heterocycles. The molecule has 0 spiro atoms. The Bertz CT molecular complexity index is 722. The van der Waals surface area contributed by atoms with Crippen LogP contribution in [0.5, 0.6) is 5.75 Å². The van der Waals surface area contributed by atoms with Crippen molar-refractivity contribution in [2.24, 2.45) is 11.7 Å². The fourth-order valence-electron chi connectivity index (χ4n) is 2.82.